The fraction of sp³-hybridized carbons (Fsp3) is 0.0811. The van der Waals surface area contributed by atoms with E-state index >= 15 is 0 Å². The second kappa shape index (κ2) is 23.8. The fourth-order valence-corrected chi connectivity index (χ4v) is 24.4. The van der Waals surface area contributed by atoms with Gasteiger partial charge in [-0.05, 0) is 188 Å². The van der Waals surface area contributed by atoms with Crippen LogP contribution in [0.15, 0.2) is 262 Å². The highest BCUT2D eigenvalue weighted by Gasteiger charge is 2.37. The van der Waals surface area contributed by atoms with Crippen molar-refractivity contribution < 1.29 is 67.3 Å². The number of allylic oxidation sites excluding steroid dienone is 4. The average molecular weight is 1460 g/mol. The van der Waals surface area contributed by atoms with Crippen molar-refractivity contribution in [3.8, 4) is 22.3 Å². The first-order chi connectivity index (χ1) is 46.1. The predicted molar refractivity (Wildman–Crippen MR) is 381 cm³/mol. The van der Waals surface area contributed by atoms with Crippen molar-refractivity contribution in [3.05, 3.63) is 258 Å². The summed E-state index contributed by atoms with van der Waals surface area (Å²) in [5.41, 5.74) is 10.4. The molecule has 0 aromatic heterocycles. The molecular weight excluding hydrogens is 1400 g/mol. The van der Waals surface area contributed by atoms with Crippen molar-refractivity contribution in [2.75, 3.05) is 0 Å². The van der Waals surface area contributed by atoms with Gasteiger partial charge < -0.3 is 0 Å². The Morgan fingerprint density at radius 2 is 0.714 bits per heavy atom. The molecule has 8 aliphatic heterocycles. The molecule has 0 unspecified atom stereocenters. The van der Waals surface area contributed by atoms with Gasteiger partial charge in [-0.1, -0.05) is 115 Å². The van der Waals surface area contributed by atoms with E-state index in [1.165, 1.54) is 60.2 Å². The summed E-state index contributed by atoms with van der Waals surface area (Å²) in [6, 6.07) is 53.6. The molecule has 8 aliphatic rings. The Hall–Kier alpha value is -9.24. The Morgan fingerprint density at radius 3 is 1.36 bits per heavy atom. The van der Waals surface area contributed by atoms with E-state index in [1.54, 1.807) is 74.5 Å². The van der Waals surface area contributed by atoms with Gasteiger partial charge in [-0.25, -0.2) is 67.3 Å². The van der Waals surface area contributed by atoms with Crippen molar-refractivity contribution >= 4 is 136 Å². The maximum Gasteiger partial charge on any atom is 0.207 e. The Kier molecular flexibility index (Phi) is 16.3. The minimum absolute atomic E-state index is 0.178. The van der Waals surface area contributed by atoms with Gasteiger partial charge in [0.05, 0.1) is 49.0 Å². The summed E-state index contributed by atoms with van der Waals surface area (Å²) in [7, 11) is -26.6. The summed E-state index contributed by atoms with van der Waals surface area (Å²) in [5, 5.41) is 8.81. The standard InChI is InChI=1S/4C13H10O2S.2C11H8O4S2/c1-9-5-4-8-12-13(9)10-6-2-3-7-11(10)16(12,14)15;1-9-8-16(14,15)13-7-11-5-3-2-4-10(11)6-12(9)13;1-9-6-12-7-10-4-2-3-5-11(10)8-13(12)16(9,14)15;1-9-6-7-13-11(8-9)10-4-2-3-5-12(10)16(13,14)15;1-7-6-9-8-4-5-16(12,13)10(8)2-3-11(9)17(7,14)15;1-7-6-17(14,15)10-3-2-9-8(11(7)10)4-5-16(9,12)13/h4*2-8H,1H3;2*2-6H,1H3. The molecule has 496 valence electrons. The minimum Gasteiger partial charge on any atom is -0.219 e. The van der Waals surface area contributed by atoms with Gasteiger partial charge in [0.1, 0.15) is 0 Å². The van der Waals surface area contributed by atoms with Gasteiger partial charge in [0.15, 0.2) is 19.7 Å². The Balaban J connectivity index is 0.000000106. The third-order valence-corrected chi connectivity index (χ3v) is 31.3. The van der Waals surface area contributed by atoms with Crippen LogP contribution in [0, 0.1) is 13.8 Å². The molecule has 10 aromatic carbocycles. The number of rotatable bonds is 0. The molecule has 0 radical (unpaired) electrons. The Bertz CT molecular complexity index is 6470. The van der Waals surface area contributed by atoms with E-state index in [0.29, 0.717) is 62.1 Å². The van der Waals surface area contributed by atoms with Gasteiger partial charge in [0, 0.05) is 76.0 Å². The lowest BCUT2D eigenvalue weighted by Gasteiger charge is -2.06. The quantitative estimate of drug-likeness (QED) is 0.136. The summed E-state index contributed by atoms with van der Waals surface area (Å²) < 4.78 is 190. The molecule has 0 saturated heterocycles. The molecule has 10 aromatic rings. The smallest absolute Gasteiger partial charge is 0.207 e. The van der Waals surface area contributed by atoms with E-state index in [1.807, 2.05) is 124 Å². The molecule has 24 heteroatoms. The lowest BCUT2D eigenvalue weighted by molar-refractivity contribution is 0.597. The monoisotopic (exact) mass is 1460 g/mol. The van der Waals surface area contributed by atoms with Crippen LogP contribution in [0.1, 0.15) is 72.2 Å². The van der Waals surface area contributed by atoms with Crippen LogP contribution in [-0.2, 0) is 78.7 Å². The molecule has 0 spiro atoms. The van der Waals surface area contributed by atoms with E-state index in [-0.39, 0.29) is 24.5 Å². The number of sulfone groups is 8. The van der Waals surface area contributed by atoms with Crippen molar-refractivity contribution in [1.82, 2.24) is 0 Å². The third kappa shape index (κ3) is 11.3. The summed E-state index contributed by atoms with van der Waals surface area (Å²) in [6.45, 7) is 10.6. The summed E-state index contributed by atoms with van der Waals surface area (Å²) in [4.78, 5) is 4.01. The molecule has 0 amide bonds. The Morgan fingerprint density at radius 1 is 0.265 bits per heavy atom. The van der Waals surface area contributed by atoms with Crippen LogP contribution in [0.3, 0.4) is 0 Å². The highest BCUT2D eigenvalue weighted by atomic mass is 32.2. The lowest BCUT2D eigenvalue weighted by atomic mass is 10.0. The van der Waals surface area contributed by atoms with Crippen LogP contribution in [-0.4, -0.2) is 67.3 Å². The maximum atomic E-state index is 12.2. The van der Waals surface area contributed by atoms with Crippen LogP contribution >= 0.6 is 0 Å². The van der Waals surface area contributed by atoms with Crippen molar-refractivity contribution in [2.24, 2.45) is 0 Å². The predicted octanol–water partition coefficient (Wildman–Crippen LogP) is 14.8. The maximum absolute atomic E-state index is 12.2. The first-order valence-corrected chi connectivity index (χ1v) is 42.1. The average Bonchev–Trinajstić information content (AvgIpc) is 1.60. The van der Waals surface area contributed by atoms with Gasteiger partial charge in [-0.3, -0.25) is 0 Å². The molecule has 0 saturated carbocycles. The topological polar surface area (TPSA) is 273 Å². The molecule has 16 nitrogen and oxygen atoms in total. The molecule has 8 heterocycles. The zero-order valence-electron chi connectivity index (χ0n) is 52.7. The van der Waals surface area contributed by atoms with Crippen molar-refractivity contribution in [1.29, 1.82) is 0 Å². The fourth-order valence-electron chi connectivity index (χ4n) is 12.9. The minimum atomic E-state index is -3.41. The van der Waals surface area contributed by atoms with Crippen molar-refractivity contribution in [3.63, 3.8) is 0 Å². The molecule has 18 rings (SSSR count). The van der Waals surface area contributed by atoms with Crippen LogP contribution < -0.4 is 0 Å². The van der Waals surface area contributed by atoms with Gasteiger partial charge in [0.2, 0.25) is 59.0 Å². The third-order valence-electron chi connectivity index (χ3n) is 17.6. The number of hydrogen-bond donors (Lipinski definition) is 0. The molecule has 0 bridgehead atoms. The highest BCUT2D eigenvalue weighted by Crippen LogP contribution is 2.47. The van der Waals surface area contributed by atoms with Gasteiger partial charge in [-0.15, -0.1) is 0 Å². The van der Waals surface area contributed by atoms with Gasteiger partial charge >= 0.3 is 0 Å². The first kappa shape index (κ1) is 67.3. The molecule has 0 aliphatic carbocycles. The number of hydrogen-bond acceptors (Lipinski definition) is 16. The lowest BCUT2D eigenvalue weighted by Crippen LogP contribution is -2.00. The Labute approximate surface area is 569 Å². The normalized spacial score (nSPS) is 18.3. The molecule has 98 heavy (non-hydrogen) atoms. The number of benzene rings is 10. The largest absolute Gasteiger partial charge is 0.219 e. The van der Waals surface area contributed by atoms with Gasteiger partial charge in [-0.2, -0.15) is 0 Å². The summed E-state index contributed by atoms with van der Waals surface area (Å²) in [5.74, 6) is 0. The van der Waals surface area contributed by atoms with E-state index < -0.39 is 78.7 Å². The van der Waals surface area contributed by atoms with Crippen LogP contribution in [0.25, 0.3) is 79.2 Å². The molecular formula is C74H56O16S8. The van der Waals surface area contributed by atoms with E-state index in [4.69, 9.17) is 0 Å². The zero-order chi connectivity index (χ0) is 70.2. The van der Waals surface area contributed by atoms with E-state index in [0.717, 1.165) is 82.4 Å². The molecule has 0 fully saturated rings. The second-order valence-electron chi connectivity index (χ2n) is 24.0. The van der Waals surface area contributed by atoms with E-state index in [9.17, 15) is 67.3 Å². The first-order valence-electron chi connectivity index (χ1n) is 30.0. The number of aryl methyl sites for hydroxylation is 2. The summed E-state index contributed by atoms with van der Waals surface area (Å²) >= 11 is 0. The van der Waals surface area contributed by atoms with Gasteiger partial charge in [0.25, 0.3) is 0 Å². The van der Waals surface area contributed by atoms with Crippen molar-refractivity contribution in [2.45, 2.75) is 90.5 Å². The second-order valence-corrected chi connectivity index (χ2v) is 39.1. The SMILES string of the molecule is CC1=CS(=O)(=O)c2cc3ccccc3cc21.CC1=CS(=O)(=O)c2ccc3c(c21)C=CS3(=O)=O.CC1=Cc2c(ccc3c2C=CS3(=O)=O)S1(=O)=O.CC1=Cc2cc3ccccc3cc2S1(=O)=O.Cc1ccc2c(c1)-c1ccccc1S2(=O)=O.Cc1cccc2c1-c1ccccc1S2(=O)=O. The van der Waals surface area contributed by atoms with E-state index in [2.05, 4.69) is 0 Å². The molecule has 0 atom stereocenters. The van der Waals surface area contributed by atoms with Crippen LogP contribution in [0.5, 0.6) is 0 Å². The zero-order valence-corrected chi connectivity index (χ0v) is 59.3. The number of fused-ring (bicyclic) bond motifs is 16. The van der Waals surface area contributed by atoms with Crippen LogP contribution in [0.2, 0.25) is 0 Å². The molecule has 0 N–H and O–H groups in total. The summed E-state index contributed by atoms with van der Waals surface area (Å²) in [6.07, 6.45) is 6.17. The highest BCUT2D eigenvalue weighted by molar-refractivity contribution is 7.97. The van der Waals surface area contributed by atoms with Crippen LogP contribution in [0.4, 0.5) is 0 Å².